The third-order valence-corrected chi connectivity index (χ3v) is 14.6. The Morgan fingerprint density at radius 2 is 0.662 bits per heavy atom. The zero-order valence-electron chi connectivity index (χ0n) is 47.7. The Hall–Kier alpha value is -1.92. The number of allylic oxidation sites excluding steroid dienone is 5. The van der Waals surface area contributed by atoms with Crippen LogP contribution in [0.25, 0.3) is 0 Å². The van der Waals surface area contributed by atoms with E-state index in [2.05, 4.69) is 43.5 Å². The van der Waals surface area contributed by atoms with E-state index in [4.69, 9.17) is 4.74 Å². The van der Waals surface area contributed by atoms with Crippen LogP contribution < -0.4 is 5.32 Å². The van der Waals surface area contributed by atoms with Crippen molar-refractivity contribution in [2.75, 3.05) is 13.2 Å². The fourth-order valence-corrected chi connectivity index (χ4v) is 9.74. The molecule has 6 heteroatoms. The molecule has 0 aromatic heterocycles. The molecule has 418 valence electrons. The molecule has 0 aliphatic carbocycles. The first-order valence-electron chi connectivity index (χ1n) is 31.8. The summed E-state index contributed by atoms with van der Waals surface area (Å²) in [6.45, 7) is 4.90. The number of carbonyl (C=O) groups is 2. The van der Waals surface area contributed by atoms with Crippen LogP contribution in [0.2, 0.25) is 0 Å². The summed E-state index contributed by atoms with van der Waals surface area (Å²) >= 11 is 0. The first kappa shape index (κ1) is 69.1. The maximum atomic E-state index is 12.5. The number of ether oxygens (including phenoxy) is 1. The van der Waals surface area contributed by atoms with Crippen molar-refractivity contribution in [2.45, 2.75) is 353 Å². The van der Waals surface area contributed by atoms with Gasteiger partial charge in [0, 0.05) is 12.8 Å². The molecule has 0 radical (unpaired) electrons. The Kier molecular flexibility index (Phi) is 59.0. The molecule has 3 N–H and O–H groups in total. The first-order chi connectivity index (χ1) is 35.0. The van der Waals surface area contributed by atoms with Gasteiger partial charge < -0.3 is 20.3 Å². The number of unbranched alkanes of at least 4 members (excludes halogenated alkanes) is 44. The Balaban J connectivity index is 3.48. The fourth-order valence-electron chi connectivity index (χ4n) is 9.74. The molecule has 0 heterocycles. The highest BCUT2D eigenvalue weighted by molar-refractivity contribution is 5.76. The number of aliphatic hydroxyl groups is 2. The van der Waals surface area contributed by atoms with E-state index in [0.717, 1.165) is 64.2 Å². The third-order valence-electron chi connectivity index (χ3n) is 14.6. The molecule has 71 heavy (non-hydrogen) atoms. The summed E-state index contributed by atoms with van der Waals surface area (Å²) in [6, 6.07) is -0.639. The molecular weight excluding hydrogens is 875 g/mol. The van der Waals surface area contributed by atoms with Crippen LogP contribution in [0.1, 0.15) is 341 Å². The number of carbonyl (C=O) groups excluding carboxylic acids is 2. The van der Waals surface area contributed by atoms with Crippen molar-refractivity contribution in [1.29, 1.82) is 0 Å². The number of rotatable bonds is 59. The van der Waals surface area contributed by atoms with E-state index in [1.165, 1.54) is 250 Å². The summed E-state index contributed by atoms with van der Waals surface area (Å²) in [6.07, 6.45) is 76.1. The Bertz CT molecular complexity index is 1150. The number of aliphatic hydroxyl groups excluding tert-OH is 2. The van der Waals surface area contributed by atoms with E-state index in [-0.39, 0.29) is 18.5 Å². The van der Waals surface area contributed by atoms with E-state index in [9.17, 15) is 19.8 Å². The van der Waals surface area contributed by atoms with Gasteiger partial charge in [-0.05, 0) is 83.5 Å². The zero-order valence-corrected chi connectivity index (χ0v) is 47.7. The predicted molar refractivity (Wildman–Crippen MR) is 310 cm³/mol. The average Bonchev–Trinajstić information content (AvgIpc) is 3.37. The largest absolute Gasteiger partial charge is 0.466 e. The second kappa shape index (κ2) is 60.6. The maximum Gasteiger partial charge on any atom is 0.305 e. The minimum atomic E-state index is -0.855. The highest BCUT2D eigenvalue weighted by atomic mass is 16.5. The molecule has 0 aromatic carbocycles. The van der Waals surface area contributed by atoms with Gasteiger partial charge in [-0.3, -0.25) is 9.59 Å². The Morgan fingerprint density at radius 3 is 1.00 bits per heavy atom. The number of esters is 1. The lowest BCUT2D eigenvalue weighted by Crippen LogP contribution is -2.45. The van der Waals surface area contributed by atoms with Gasteiger partial charge in [-0.2, -0.15) is 0 Å². The second-order valence-electron chi connectivity index (χ2n) is 21.7. The predicted octanol–water partition coefficient (Wildman–Crippen LogP) is 20.0. The van der Waals surface area contributed by atoms with Crippen LogP contribution in [-0.4, -0.2) is 47.4 Å². The second-order valence-corrected chi connectivity index (χ2v) is 21.7. The lowest BCUT2D eigenvalue weighted by atomic mass is 10.0. The smallest absolute Gasteiger partial charge is 0.305 e. The molecule has 0 fully saturated rings. The molecule has 2 atom stereocenters. The van der Waals surface area contributed by atoms with E-state index >= 15 is 0 Å². The van der Waals surface area contributed by atoms with Crippen LogP contribution in [-0.2, 0) is 14.3 Å². The van der Waals surface area contributed by atoms with E-state index in [1.807, 2.05) is 6.08 Å². The molecule has 1 amide bonds. The Labute approximate surface area is 443 Å². The van der Waals surface area contributed by atoms with E-state index in [0.29, 0.717) is 19.4 Å². The molecule has 0 saturated heterocycles. The van der Waals surface area contributed by atoms with Gasteiger partial charge in [-0.1, -0.05) is 281 Å². The molecule has 0 rings (SSSR count). The van der Waals surface area contributed by atoms with Crippen molar-refractivity contribution >= 4 is 11.9 Å². The minimum absolute atomic E-state index is 0.00552. The van der Waals surface area contributed by atoms with Gasteiger partial charge in [0.05, 0.1) is 25.4 Å². The van der Waals surface area contributed by atoms with Gasteiger partial charge in [-0.15, -0.1) is 0 Å². The highest BCUT2D eigenvalue weighted by Crippen LogP contribution is 2.17. The topological polar surface area (TPSA) is 95.9 Å². The van der Waals surface area contributed by atoms with Crippen LogP contribution in [0, 0.1) is 0 Å². The maximum absolute atomic E-state index is 12.5. The minimum Gasteiger partial charge on any atom is -0.466 e. The summed E-state index contributed by atoms with van der Waals surface area (Å²) in [5.74, 6) is -0.0855. The van der Waals surface area contributed by atoms with Gasteiger partial charge in [0.2, 0.25) is 5.91 Å². The van der Waals surface area contributed by atoms with Crippen LogP contribution >= 0.6 is 0 Å². The lowest BCUT2D eigenvalue weighted by Gasteiger charge is -2.20. The van der Waals surface area contributed by atoms with Gasteiger partial charge >= 0.3 is 5.97 Å². The first-order valence-corrected chi connectivity index (χ1v) is 31.8. The summed E-state index contributed by atoms with van der Waals surface area (Å²) in [4.78, 5) is 24.6. The summed E-state index contributed by atoms with van der Waals surface area (Å²) in [5.41, 5.74) is 0. The van der Waals surface area contributed by atoms with Crippen molar-refractivity contribution in [3.05, 3.63) is 36.5 Å². The standard InChI is InChI=1S/C65H123NO5/c1-3-5-7-9-11-13-15-17-19-20-21-22-23-26-30-33-37-41-45-49-53-57-63(68)62(61-67)66-64(69)58-54-50-46-42-38-34-31-27-24-25-28-32-36-40-44-48-52-56-60-71-65(70)59-55-51-47-43-39-35-29-18-16-14-12-10-8-6-4-2/h18,27,29,31,53,57,62-63,67-68H,3-17,19-26,28,30,32-52,54-56,58-61H2,1-2H3,(H,66,69)/b29-18-,31-27-,57-53+. The van der Waals surface area contributed by atoms with Crippen LogP contribution in [0.5, 0.6) is 0 Å². The number of amides is 1. The summed E-state index contributed by atoms with van der Waals surface area (Å²) in [7, 11) is 0. The van der Waals surface area contributed by atoms with Crippen molar-refractivity contribution in [3.8, 4) is 0 Å². The fraction of sp³-hybridized carbons (Fsp3) is 0.877. The SMILES string of the molecule is CCCCCCCC/C=C\CCCCCCCC(=O)OCCCCCCCCCCC/C=C\CCCCCCCC(=O)NC(CO)C(O)/C=C/CCCCCCCCCCCCCCCCCCCCC. The Morgan fingerprint density at radius 1 is 0.380 bits per heavy atom. The molecule has 0 spiro atoms. The van der Waals surface area contributed by atoms with Crippen LogP contribution in [0.3, 0.4) is 0 Å². The highest BCUT2D eigenvalue weighted by Gasteiger charge is 2.18. The van der Waals surface area contributed by atoms with Crippen LogP contribution in [0.4, 0.5) is 0 Å². The van der Waals surface area contributed by atoms with Crippen molar-refractivity contribution in [2.24, 2.45) is 0 Å². The van der Waals surface area contributed by atoms with Gasteiger partial charge in [0.1, 0.15) is 0 Å². The molecule has 0 bridgehead atoms. The zero-order chi connectivity index (χ0) is 51.4. The van der Waals surface area contributed by atoms with Gasteiger partial charge in [0.25, 0.3) is 0 Å². The molecule has 0 aromatic rings. The lowest BCUT2D eigenvalue weighted by molar-refractivity contribution is -0.143. The van der Waals surface area contributed by atoms with Crippen molar-refractivity contribution in [1.82, 2.24) is 5.32 Å². The van der Waals surface area contributed by atoms with Crippen molar-refractivity contribution < 1.29 is 24.5 Å². The quantitative estimate of drug-likeness (QED) is 0.0321. The summed E-state index contributed by atoms with van der Waals surface area (Å²) in [5, 5.41) is 23.2. The van der Waals surface area contributed by atoms with Gasteiger partial charge in [-0.25, -0.2) is 0 Å². The van der Waals surface area contributed by atoms with Gasteiger partial charge in [0.15, 0.2) is 0 Å². The number of hydrogen-bond donors (Lipinski definition) is 3. The normalized spacial score (nSPS) is 12.8. The van der Waals surface area contributed by atoms with Crippen molar-refractivity contribution in [3.63, 3.8) is 0 Å². The van der Waals surface area contributed by atoms with E-state index in [1.54, 1.807) is 6.08 Å². The third kappa shape index (κ3) is 57.2. The average molecular weight is 999 g/mol. The molecule has 0 aliphatic heterocycles. The monoisotopic (exact) mass is 998 g/mol. The molecule has 6 nitrogen and oxygen atoms in total. The molecular formula is C65H123NO5. The molecule has 2 unspecified atom stereocenters. The molecule has 0 saturated carbocycles. The number of nitrogens with one attached hydrogen (secondary N) is 1. The molecule has 0 aliphatic rings. The number of hydrogen-bond acceptors (Lipinski definition) is 5. The summed E-state index contributed by atoms with van der Waals surface area (Å²) < 4.78 is 5.48. The van der Waals surface area contributed by atoms with E-state index < -0.39 is 12.1 Å². The van der Waals surface area contributed by atoms with Crippen LogP contribution in [0.15, 0.2) is 36.5 Å².